The number of hydrogen-bond donors (Lipinski definition) is 0. The van der Waals surface area contributed by atoms with Crippen molar-refractivity contribution in [2.45, 2.75) is 19.3 Å². The summed E-state index contributed by atoms with van der Waals surface area (Å²) in [5.74, 6) is 0. The van der Waals surface area contributed by atoms with Crippen LogP contribution in [0.1, 0.15) is 25.0 Å². The van der Waals surface area contributed by atoms with Crippen molar-refractivity contribution in [3.63, 3.8) is 0 Å². The Kier molecular flexibility index (Phi) is 8.07. The number of thiophene rings is 1. The largest absolute Gasteiger partial charge is 0.309 e. The van der Waals surface area contributed by atoms with Gasteiger partial charge >= 0.3 is 0 Å². The number of para-hydroxylation sites is 1. The maximum Gasteiger partial charge on any atom is 0.0541 e. The van der Waals surface area contributed by atoms with Crippen molar-refractivity contribution in [1.29, 1.82) is 0 Å². The van der Waals surface area contributed by atoms with Gasteiger partial charge in [-0.25, -0.2) is 0 Å². The zero-order chi connectivity index (χ0) is 45.5. The van der Waals surface area contributed by atoms with Gasteiger partial charge < -0.3 is 4.57 Å². The lowest BCUT2D eigenvalue weighted by atomic mass is 9.80. The molecule has 2 heterocycles. The van der Waals surface area contributed by atoms with Crippen LogP contribution in [0.15, 0.2) is 224 Å². The predicted octanol–water partition coefficient (Wildman–Crippen LogP) is 19.1. The van der Waals surface area contributed by atoms with E-state index in [1.807, 2.05) is 11.3 Å². The van der Waals surface area contributed by atoms with Gasteiger partial charge in [0.05, 0.1) is 11.0 Å². The van der Waals surface area contributed by atoms with Gasteiger partial charge in [0, 0.05) is 42.0 Å². The van der Waals surface area contributed by atoms with Gasteiger partial charge in [-0.3, -0.25) is 0 Å². The maximum atomic E-state index is 2.49. The predicted molar refractivity (Wildman–Crippen MR) is 298 cm³/mol. The number of aromatic nitrogens is 1. The Labute approximate surface area is 403 Å². The van der Waals surface area contributed by atoms with E-state index in [0.29, 0.717) is 0 Å². The van der Waals surface area contributed by atoms with Crippen molar-refractivity contribution in [3.05, 3.63) is 236 Å². The molecule has 322 valence electrons. The molecule has 2 heteroatoms. The molecule has 0 saturated heterocycles. The molecule has 0 radical (unpaired) electrons. The summed E-state index contributed by atoms with van der Waals surface area (Å²) >= 11 is 1.88. The monoisotopic (exact) mass is 893 g/mol. The van der Waals surface area contributed by atoms with Crippen molar-refractivity contribution in [3.8, 4) is 50.2 Å². The van der Waals surface area contributed by atoms with Crippen molar-refractivity contribution in [2.24, 2.45) is 0 Å². The first-order valence-corrected chi connectivity index (χ1v) is 24.9. The number of rotatable bonds is 4. The summed E-state index contributed by atoms with van der Waals surface area (Å²) in [5.41, 5.74) is 16.4. The fraction of sp³-hybridized carbons (Fsp3) is 0.0448. The highest BCUT2D eigenvalue weighted by atomic mass is 32.1. The summed E-state index contributed by atoms with van der Waals surface area (Å²) < 4.78 is 5.13. The molecule has 14 aromatic rings. The van der Waals surface area contributed by atoms with Crippen LogP contribution in [0, 0.1) is 0 Å². The fourth-order valence-electron chi connectivity index (χ4n) is 12.2. The summed E-state index contributed by atoms with van der Waals surface area (Å²) in [7, 11) is 0. The molecule has 12 aromatic carbocycles. The number of benzene rings is 12. The minimum atomic E-state index is -0.197. The first-order chi connectivity index (χ1) is 33.9. The zero-order valence-corrected chi connectivity index (χ0v) is 39.0. The Morgan fingerprint density at radius 2 is 0.855 bits per heavy atom. The van der Waals surface area contributed by atoms with Crippen LogP contribution in [0.4, 0.5) is 0 Å². The smallest absolute Gasteiger partial charge is 0.0541 e. The lowest BCUT2D eigenvalue weighted by Gasteiger charge is -2.23. The molecular formula is C67H43NS. The Bertz CT molecular complexity index is 4450. The zero-order valence-electron chi connectivity index (χ0n) is 38.2. The molecule has 0 aliphatic heterocycles. The maximum absolute atomic E-state index is 2.49. The second-order valence-electron chi connectivity index (χ2n) is 19.6. The van der Waals surface area contributed by atoms with Crippen molar-refractivity contribution in [1.82, 2.24) is 4.57 Å². The van der Waals surface area contributed by atoms with Crippen LogP contribution in [0.2, 0.25) is 0 Å². The van der Waals surface area contributed by atoms with E-state index in [4.69, 9.17) is 0 Å². The second-order valence-corrected chi connectivity index (χ2v) is 20.7. The molecule has 1 aliphatic carbocycles. The third-order valence-corrected chi connectivity index (χ3v) is 16.6. The topological polar surface area (TPSA) is 4.93 Å². The molecule has 2 aromatic heterocycles. The highest BCUT2D eigenvalue weighted by Crippen LogP contribution is 2.52. The van der Waals surface area contributed by atoms with Crippen molar-refractivity contribution in [2.75, 3.05) is 0 Å². The number of fused-ring (bicyclic) bond motifs is 13. The first-order valence-electron chi connectivity index (χ1n) is 24.1. The van der Waals surface area contributed by atoms with E-state index in [9.17, 15) is 0 Å². The van der Waals surface area contributed by atoms with E-state index < -0.39 is 0 Å². The third kappa shape index (κ3) is 5.64. The Hall–Kier alpha value is -8.30. The molecule has 15 rings (SSSR count). The molecule has 1 nitrogen and oxygen atoms in total. The SMILES string of the molecule is CC1(C)c2cc(-c3ccc4c(c3)c3ccccc3n4-c3ccc4cc5cc6c(cc5cc4c3)sc3ccccc36)ccc2-c2ccc(-c3c4ccccc4c(-c4ccccc4)c4ccccc34)cc21. The van der Waals surface area contributed by atoms with E-state index in [1.165, 1.54) is 146 Å². The summed E-state index contributed by atoms with van der Waals surface area (Å²) in [4.78, 5) is 0. The molecule has 69 heavy (non-hydrogen) atoms. The van der Waals surface area contributed by atoms with Crippen LogP contribution in [0.5, 0.6) is 0 Å². The first kappa shape index (κ1) is 38.8. The highest BCUT2D eigenvalue weighted by molar-refractivity contribution is 7.25. The Morgan fingerprint density at radius 3 is 1.59 bits per heavy atom. The van der Waals surface area contributed by atoms with Crippen LogP contribution in [0.3, 0.4) is 0 Å². The molecule has 0 unspecified atom stereocenters. The molecule has 1 aliphatic rings. The normalized spacial score (nSPS) is 13.2. The van der Waals surface area contributed by atoms with Gasteiger partial charge in [-0.05, 0) is 172 Å². The minimum Gasteiger partial charge on any atom is -0.309 e. The molecule has 0 saturated carbocycles. The second kappa shape index (κ2) is 14.4. The van der Waals surface area contributed by atoms with Gasteiger partial charge in [-0.1, -0.05) is 166 Å². The standard InChI is InChI=1S/C67H43NS/c1-67(2)59-37-43(25-29-49(59)50-30-26-44(38-60(50)67)66-55-20-8-6-18-53(55)65(40-14-4-3-5-15-40)54-19-7-9-21-56(54)66)42-27-31-62-57(35-42)51-16-10-12-22-61(51)68(62)48-28-24-41-32-46-36-58-52-17-11-13-23-63(52)69-64(58)39-47(46)33-45(41)34-48/h3-39H,1-2H3. The number of nitrogens with zero attached hydrogens (tertiary/aromatic N) is 1. The van der Waals surface area contributed by atoms with Crippen LogP contribution >= 0.6 is 11.3 Å². The minimum absolute atomic E-state index is 0.197. The van der Waals surface area contributed by atoms with Gasteiger partial charge in [0.2, 0.25) is 0 Å². The molecule has 0 atom stereocenters. The summed E-state index contributed by atoms with van der Waals surface area (Å²) in [6.07, 6.45) is 0. The van der Waals surface area contributed by atoms with Crippen molar-refractivity contribution >= 4 is 96.4 Å². The summed E-state index contributed by atoms with van der Waals surface area (Å²) in [6.45, 7) is 4.82. The average molecular weight is 894 g/mol. The summed E-state index contributed by atoms with van der Waals surface area (Å²) in [5, 5.41) is 15.4. The van der Waals surface area contributed by atoms with Gasteiger partial charge in [0.25, 0.3) is 0 Å². The quantitative estimate of drug-likeness (QED) is 0.155. The highest BCUT2D eigenvalue weighted by Gasteiger charge is 2.36. The van der Waals surface area contributed by atoms with Crippen LogP contribution in [-0.4, -0.2) is 4.57 Å². The van der Waals surface area contributed by atoms with Gasteiger partial charge in [0.15, 0.2) is 0 Å². The average Bonchev–Trinajstić information content (AvgIpc) is 4.00. The molecule has 0 N–H and O–H groups in total. The molecule has 0 spiro atoms. The molecule has 0 bridgehead atoms. The van der Waals surface area contributed by atoms with E-state index in [0.717, 1.165) is 0 Å². The van der Waals surface area contributed by atoms with E-state index >= 15 is 0 Å². The van der Waals surface area contributed by atoms with Gasteiger partial charge in [0.1, 0.15) is 0 Å². The lowest BCUT2D eigenvalue weighted by Crippen LogP contribution is -2.15. The van der Waals surface area contributed by atoms with E-state index in [-0.39, 0.29) is 5.41 Å². The lowest BCUT2D eigenvalue weighted by molar-refractivity contribution is 0.661. The molecular weight excluding hydrogens is 851 g/mol. The fourth-order valence-corrected chi connectivity index (χ4v) is 13.3. The van der Waals surface area contributed by atoms with E-state index in [2.05, 4.69) is 243 Å². The van der Waals surface area contributed by atoms with Gasteiger partial charge in [-0.15, -0.1) is 11.3 Å². The Balaban J connectivity index is 0.821. The van der Waals surface area contributed by atoms with Crippen LogP contribution in [0.25, 0.3) is 135 Å². The van der Waals surface area contributed by atoms with E-state index in [1.54, 1.807) is 0 Å². The van der Waals surface area contributed by atoms with Crippen molar-refractivity contribution < 1.29 is 0 Å². The molecule has 0 amide bonds. The third-order valence-electron chi connectivity index (χ3n) is 15.5. The number of hydrogen-bond acceptors (Lipinski definition) is 1. The van der Waals surface area contributed by atoms with Gasteiger partial charge in [-0.2, -0.15) is 0 Å². The summed E-state index contributed by atoms with van der Waals surface area (Å²) in [6, 6.07) is 84.4. The van der Waals surface area contributed by atoms with Crippen LogP contribution < -0.4 is 0 Å². The van der Waals surface area contributed by atoms with Crippen LogP contribution in [-0.2, 0) is 5.41 Å². The Morgan fingerprint density at radius 1 is 0.319 bits per heavy atom. The molecule has 0 fully saturated rings.